The van der Waals surface area contributed by atoms with Crippen molar-refractivity contribution in [3.8, 4) is 0 Å². The number of anilines is 2. The predicted molar refractivity (Wildman–Crippen MR) is 197 cm³/mol. The number of amides is 4. The molecule has 1 heterocycles. The smallest absolute Gasteiger partial charge is 0.272 e. The van der Waals surface area contributed by atoms with E-state index in [-0.39, 0.29) is 29.8 Å². The summed E-state index contributed by atoms with van der Waals surface area (Å²) in [6, 6.07) is 41.8. The van der Waals surface area contributed by atoms with Crippen molar-refractivity contribution >= 4 is 58.7 Å². The van der Waals surface area contributed by atoms with E-state index in [1.165, 1.54) is 16.8 Å². The summed E-state index contributed by atoms with van der Waals surface area (Å²) in [5.41, 5.74) is 4.20. The molecule has 5 aromatic carbocycles. The molecule has 0 saturated carbocycles. The summed E-state index contributed by atoms with van der Waals surface area (Å²) >= 11 is 1.33. The van der Waals surface area contributed by atoms with Gasteiger partial charge in [0.15, 0.2) is 0 Å². The van der Waals surface area contributed by atoms with Crippen molar-refractivity contribution in [3.05, 3.63) is 167 Å². The monoisotopic (exact) mass is 679 g/mol. The van der Waals surface area contributed by atoms with Gasteiger partial charge >= 0.3 is 0 Å². The molecule has 5 aromatic rings. The number of benzene rings is 5. The number of hydrogen-bond donors (Lipinski definition) is 3. The normalized spacial score (nSPS) is 13.3. The van der Waals surface area contributed by atoms with Crippen LogP contribution in [-0.4, -0.2) is 29.5 Å². The van der Waals surface area contributed by atoms with Gasteiger partial charge in [-0.2, -0.15) is 10.1 Å². The minimum atomic E-state index is -0.655. The maximum absolute atomic E-state index is 13.7. The Bertz CT molecular complexity index is 2070. The number of nitrogens with zero attached hydrogens (tertiary/aromatic N) is 2. The molecule has 0 spiro atoms. The van der Waals surface area contributed by atoms with E-state index in [1.54, 1.807) is 54.6 Å². The highest BCUT2D eigenvalue weighted by Crippen LogP contribution is 2.36. The standard InChI is InChI=1S/C40H33N5O4S/c1-27-12-11-13-28(24-27)25-34(42-38(47)30-16-7-3-8-17-30)39(48)41-31-20-22-33(23-21-31)50-37(29-14-5-2-6-15-29)40(49)43-35-26-36(46)45(44-35)32-18-9-4-10-19-32/h2-25,37H,26H2,1H3,(H,41,48)(H,42,47)(H,43,44,49)/b34-25-. The van der Waals surface area contributed by atoms with E-state index >= 15 is 0 Å². The third kappa shape index (κ3) is 8.60. The molecule has 0 fully saturated rings. The van der Waals surface area contributed by atoms with Crippen LogP contribution in [0.25, 0.3) is 6.08 Å². The first-order valence-corrected chi connectivity index (χ1v) is 16.7. The lowest BCUT2D eigenvalue weighted by Gasteiger charge is -2.17. The molecule has 9 nitrogen and oxygen atoms in total. The van der Waals surface area contributed by atoms with Crippen LogP contribution >= 0.6 is 11.8 Å². The van der Waals surface area contributed by atoms with Gasteiger partial charge in [0.1, 0.15) is 16.8 Å². The number of para-hydroxylation sites is 1. The van der Waals surface area contributed by atoms with Crippen molar-refractivity contribution in [2.75, 3.05) is 10.3 Å². The van der Waals surface area contributed by atoms with Gasteiger partial charge in [-0.1, -0.05) is 96.6 Å². The van der Waals surface area contributed by atoms with Crippen LogP contribution in [0.5, 0.6) is 0 Å². The Labute approximate surface area is 294 Å². The lowest BCUT2D eigenvalue weighted by atomic mass is 10.1. The number of carbonyl (C=O) groups is 4. The molecular weight excluding hydrogens is 647 g/mol. The molecular formula is C40H33N5O4S. The summed E-state index contributed by atoms with van der Waals surface area (Å²) in [6.45, 7) is 1.95. The SMILES string of the molecule is Cc1cccc(/C=C(\NC(=O)c2ccccc2)C(=O)Nc2ccc(SC(C(=O)NC3=NN(c4ccccc4)C(=O)C3)c3ccccc3)cc2)c1. The van der Waals surface area contributed by atoms with Crippen molar-refractivity contribution in [2.24, 2.45) is 5.10 Å². The van der Waals surface area contributed by atoms with Crippen molar-refractivity contribution in [1.82, 2.24) is 10.6 Å². The quantitative estimate of drug-likeness (QED) is 0.107. The Hall–Kier alpha value is -6.26. The molecule has 1 atom stereocenters. The first-order valence-electron chi connectivity index (χ1n) is 15.9. The zero-order valence-corrected chi connectivity index (χ0v) is 27.9. The Kier molecular flexibility index (Phi) is 10.6. The largest absolute Gasteiger partial charge is 0.321 e. The second-order valence-corrected chi connectivity index (χ2v) is 12.6. The number of thioether (sulfide) groups is 1. The van der Waals surface area contributed by atoms with Crippen LogP contribution in [0.4, 0.5) is 11.4 Å². The molecule has 248 valence electrons. The maximum Gasteiger partial charge on any atom is 0.272 e. The van der Waals surface area contributed by atoms with Crippen molar-refractivity contribution < 1.29 is 19.2 Å². The summed E-state index contributed by atoms with van der Waals surface area (Å²) in [7, 11) is 0. The van der Waals surface area contributed by atoms with Gasteiger partial charge in [-0.3, -0.25) is 19.2 Å². The zero-order valence-electron chi connectivity index (χ0n) is 27.1. The maximum atomic E-state index is 13.7. The molecule has 4 amide bonds. The fourth-order valence-corrected chi connectivity index (χ4v) is 6.22. The van der Waals surface area contributed by atoms with Gasteiger partial charge in [-0.05, 0) is 72.7 Å². The fourth-order valence-electron chi connectivity index (χ4n) is 5.20. The van der Waals surface area contributed by atoms with Crippen molar-refractivity contribution in [3.63, 3.8) is 0 Å². The number of hydrogen-bond acceptors (Lipinski definition) is 6. The highest BCUT2D eigenvalue weighted by Gasteiger charge is 2.29. The van der Waals surface area contributed by atoms with Crippen molar-refractivity contribution in [2.45, 2.75) is 23.5 Å². The molecule has 1 aliphatic rings. The minimum Gasteiger partial charge on any atom is -0.321 e. The van der Waals surface area contributed by atoms with E-state index in [0.717, 1.165) is 21.6 Å². The van der Waals surface area contributed by atoms with E-state index < -0.39 is 17.1 Å². The number of rotatable bonds is 10. The van der Waals surface area contributed by atoms with Gasteiger partial charge in [-0.25, -0.2) is 0 Å². The van der Waals surface area contributed by atoms with Gasteiger partial charge in [0.2, 0.25) is 5.91 Å². The highest BCUT2D eigenvalue weighted by atomic mass is 32.2. The van der Waals surface area contributed by atoms with E-state index in [9.17, 15) is 19.2 Å². The highest BCUT2D eigenvalue weighted by molar-refractivity contribution is 8.00. The lowest BCUT2D eigenvalue weighted by molar-refractivity contribution is -0.119. The molecule has 0 aliphatic carbocycles. The summed E-state index contributed by atoms with van der Waals surface area (Å²) < 4.78 is 0. The molecule has 1 aliphatic heterocycles. The Morgan fingerprint density at radius 2 is 1.44 bits per heavy atom. The summed E-state index contributed by atoms with van der Waals surface area (Å²) in [4.78, 5) is 53.6. The molecule has 0 radical (unpaired) electrons. The van der Waals surface area contributed by atoms with E-state index in [0.29, 0.717) is 16.9 Å². The van der Waals surface area contributed by atoms with Crippen molar-refractivity contribution in [1.29, 1.82) is 0 Å². The summed E-state index contributed by atoms with van der Waals surface area (Å²) in [5.74, 6) is -1.17. The van der Waals surface area contributed by atoms with Gasteiger partial charge in [0.25, 0.3) is 17.7 Å². The zero-order chi connectivity index (χ0) is 34.9. The second-order valence-electron chi connectivity index (χ2n) is 11.4. The van der Waals surface area contributed by atoms with Crippen LogP contribution in [0.3, 0.4) is 0 Å². The first-order chi connectivity index (χ1) is 24.3. The van der Waals surface area contributed by atoms with Crippen LogP contribution in [0, 0.1) is 6.92 Å². The molecule has 50 heavy (non-hydrogen) atoms. The van der Waals surface area contributed by atoms with Crippen LogP contribution < -0.4 is 21.0 Å². The van der Waals surface area contributed by atoms with Crippen LogP contribution in [0.15, 0.2) is 155 Å². The number of amidine groups is 1. The summed E-state index contributed by atoms with van der Waals surface area (Å²) in [6.07, 6.45) is 1.62. The van der Waals surface area contributed by atoms with E-state index in [2.05, 4.69) is 21.1 Å². The average Bonchev–Trinajstić information content (AvgIpc) is 3.51. The minimum absolute atomic E-state index is 0.0205. The molecule has 0 bridgehead atoms. The van der Waals surface area contributed by atoms with E-state index in [4.69, 9.17) is 0 Å². The number of carbonyl (C=O) groups excluding carboxylic acids is 4. The molecule has 6 rings (SSSR count). The molecule has 3 N–H and O–H groups in total. The summed E-state index contributed by atoms with van der Waals surface area (Å²) in [5, 5.41) is 13.5. The van der Waals surface area contributed by atoms with Gasteiger partial charge in [-0.15, -0.1) is 11.8 Å². The average molecular weight is 680 g/mol. The number of aryl methyl sites for hydroxylation is 1. The Balaban J connectivity index is 1.17. The van der Waals surface area contributed by atoms with Gasteiger partial charge in [0, 0.05) is 16.1 Å². The van der Waals surface area contributed by atoms with Gasteiger partial charge < -0.3 is 16.0 Å². The number of nitrogens with one attached hydrogen (secondary N) is 3. The lowest BCUT2D eigenvalue weighted by Crippen LogP contribution is -2.33. The topological polar surface area (TPSA) is 120 Å². The van der Waals surface area contributed by atoms with E-state index in [1.807, 2.05) is 97.9 Å². The van der Waals surface area contributed by atoms with Gasteiger partial charge in [0.05, 0.1) is 12.1 Å². The van der Waals surface area contributed by atoms with Crippen LogP contribution in [0.1, 0.15) is 38.7 Å². The Morgan fingerprint density at radius 1 is 0.780 bits per heavy atom. The third-order valence-corrected chi connectivity index (χ3v) is 8.90. The molecule has 1 unspecified atom stereocenters. The van der Waals surface area contributed by atoms with Crippen LogP contribution in [-0.2, 0) is 14.4 Å². The molecule has 0 aromatic heterocycles. The van der Waals surface area contributed by atoms with Crippen LogP contribution in [0.2, 0.25) is 0 Å². The predicted octanol–water partition coefficient (Wildman–Crippen LogP) is 7.10. The second kappa shape index (κ2) is 15.8. The third-order valence-electron chi connectivity index (χ3n) is 7.63. The molecule has 0 saturated heterocycles. The Morgan fingerprint density at radius 3 is 2.12 bits per heavy atom. The first kappa shape index (κ1) is 33.6. The number of hydrazone groups is 1. The molecule has 10 heteroatoms. The fraction of sp³-hybridized carbons (Fsp3) is 0.0750.